The lowest BCUT2D eigenvalue weighted by molar-refractivity contribution is -0.193. The fourth-order valence-corrected chi connectivity index (χ4v) is 3.76. The Hall–Kier alpha value is -4.85. The van der Waals surface area contributed by atoms with Crippen molar-refractivity contribution in [1.82, 2.24) is 20.1 Å². The molecule has 1 aliphatic rings. The number of hydrogen-bond donors (Lipinski definition) is 5. The summed E-state index contributed by atoms with van der Waals surface area (Å²) in [5.41, 5.74) is 6.74. The summed E-state index contributed by atoms with van der Waals surface area (Å²) >= 11 is 0. The SMILES string of the molecule is NCC(Cc1n[nH]c(=O)n1-c1ccc(-c2ccc(N3CCNCC3)cc2)cc1F)=C(F)F.O=C(O)C(F)(F)F.O=C(O)C(F)(F)F. The average molecular weight is 673 g/mol. The third-order valence-corrected chi connectivity index (χ3v) is 5.98. The highest BCUT2D eigenvalue weighted by atomic mass is 19.4. The smallest absolute Gasteiger partial charge is 0.475 e. The zero-order chi connectivity index (χ0) is 34.8. The van der Waals surface area contributed by atoms with Gasteiger partial charge < -0.3 is 26.2 Å². The lowest BCUT2D eigenvalue weighted by atomic mass is 10.0. The van der Waals surface area contributed by atoms with Gasteiger partial charge in [-0.2, -0.15) is 40.2 Å². The average Bonchev–Trinajstić information content (AvgIpc) is 3.35. The van der Waals surface area contributed by atoms with Gasteiger partial charge in [-0.15, -0.1) is 0 Å². The molecule has 3 aromatic rings. The zero-order valence-electron chi connectivity index (χ0n) is 23.2. The van der Waals surface area contributed by atoms with E-state index in [0.29, 0.717) is 5.56 Å². The summed E-state index contributed by atoms with van der Waals surface area (Å²) in [5.74, 6) is -6.23. The summed E-state index contributed by atoms with van der Waals surface area (Å²) in [6.45, 7) is 3.33. The van der Waals surface area contributed by atoms with E-state index in [1.165, 1.54) is 12.1 Å². The molecule has 11 nitrogen and oxygen atoms in total. The Morgan fingerprint density at radius 3 is 1.83 bits per heavy atom. The number of nitrogens with one attached hydrogen (secondary N) is 2. The minimum absolute atomic E-state index is 0.0460. The first-order valence-corrected chi connectivity index (χ1v) is 12.7. The quantitative estimate of drug-likeness (QED) is 0.246. The van der Waals surface area contributed by atoms with Crippen molar-refractivity contribution in [3.63, 3.8) is 0 Å². The summed E-state index contributed by atoms with van der Waals surface area (Å²) in [6.07, 6.45) is -12.5. The van der Waals surface area contributed by atoms with E-state index in [1.807, 2.05) is 24.3 Å². The van der Waals surface area contributed by atoms with Gasteiger partial charge in [-0.1, -0.05) is 18.2 Å². The number of piperazine rings is 1. The predicted molar refractivity (Wildman–Crippen MR) is 144 cm³/mol. The Morgan fingerprint density at radius 2 is 1.39 bits per heavy atom. The lowest BCUT2D eigenvalue weighted by Gasteiger charge is -2.29. The van der Waals surface area contributed by atoms with Crippen molar-refractivity contribution in [2.24, 2.45) is 5.73 Å². The van der Waals surface area contributed by atoms with Crippen molar-refractivity contribution >= 4 is 17.6 Å². The Bertz CT molecular complexity index is 1550. The molecule has 0 saturated carbocycles. The molecule has 0 spiro atoms. The van der Waals surface area contributed by atoms with Crippen molar-refractivity contribution in [2.75, 3.05) is 37.6 Å². The highest BCUT2D eigenvalue weighted by Gasteiger charge is 2.38. The van der Waals surface area contributed by atoms with Crippen LogP contribution >= 0.6 is 0 Å². The molecule has 4 rings (SSSR count). The second kappa shape index (κ2) is 15.9. The van der Waals surface area contributed by atoms with Crippen molar-refractivity contribution in [3.05, 3.63) is 76.2 Å². The van der Waals surface area contributed by atoms with Crippen LogP contribution in [0, 0.1) is 5.82 Å². The van der Waals surface area contributed by atoms with E-state index < -0.39 is 48.4 Å². The predicted octanol–water partition coefficient (Wildman–Crippen LogP) is 3.69. The van der Waals surface area contributed by atoms with E-state index in [2.05, 4.69) is 20.4 Å². The molecule has 1 aromatic heterocycles. The third-order valence-electron chi connectivity index (χ3n) is 5.98. The Labute approximate surface area is 252 Å². The van der Waals surface area contributed by atoms with Crippen molar-refractivity contribution in [3.8, 4) is 16.8 Å². The number of carboxylic acid groups (broad SMARTS) is 2. The lowest BCUT2D eigenvalue weighted by Crippen LogP contribution is -2.43. The second-order valence-electron chi connectivity index (χ2n) is 9.08. The number of alkyl halides is 6. The topological polar surface area (TPSA) is 167 Å². The molecule has 0 atom stereocenters. The minimum Gasteiger partial charge on any atom is -0.475 e. The molecule has 0 amide bonds. The summed E-state index contributed by atoms with van der Waals surface area (Å²) in [4.78, 5) is 32.3. The molecule has 46 heavy (non-hydrogen) atoms. The van der Waals surface area contributed by atoms with Crippen LogP contribution in [-0.4, -0.2) is 82.0 Å². The minimum atomic E-state index is -5.08. The number of nitrogens with zero attached hydrogens (tertiary/aromatic N) is 3. The number of halogens is 9. The first-order valence-electron chi connectivity index (χ1n) is 12.7. The molecule has 0 unspecified atom stereocenters. The third kappa shape index (κ3) is 10.6. The maximum atomic E-state index is 15.0. The molecular weight excluding hydrogens is 647 g/mol. The van der Waals surface area contributed by atoms with Crippen LogP contribution in [0.5, 0.6) is 0 Å². The van der Waals surface area contributed by atoms with Crippen molar-refractivity contribution in [2.45, 2.75) is 18.8 Å². The summed E-state index contributed by atoms with van der Waals surface area (Å²) in [5, 5.41) is 23.5. The molecule has 2 aromatic carbocycles. The highest BCUT2D eigenvalue weighted by molar-refractivity contribution is 5.73. The van der Waals surface area contributed by atoms with E-state index in [9.17, 15) is 39.9 Å². The molecule has 0 bridgehead atoms. The van der Waals surface area contributed by atoms with Crippen LogP contribution in [0.4, 0.5) is 45.2 Å². The van der Waals surface area contributed by atoms with Gasteiger partial charge >= 0.3 is 30.0 Å². The first kappa shape index (κ1) is 37.3. The van der Waals surface area contributed by atoms with E-state index >= 15 is 4.39 Å². The summed E-state index contributed by atoms with van der Waals surface area (Å²) < 4.78 is 105. The Kier molecular flexibility index (Phi) is 12.9. The molecule has 1 aliphatic heterocycles. The highest BCUT2D eigenvalue weighted by Crippen LogP contribution is 2.27. The van der Waals surface area contributed by atoms with Gasteiger partial charge in [0.2, 0.25) is 0 Å². The summed E-state index contributed by atoms with van der Waals surface area (Å²) in [6, 6.07) is 12.3. The number of anilines is 1. The molecule has 1 saturated heterocycles. The van der Waals surface area contributed by atoms with Crippen molar-refractivity contribution < 1.29 is 59.3 Å². The molecule has 0 radical (unpaired) electrons. The van der Waals surface area contributed by atoms with Crippen LogP contribution in [0.25, 0.3) is 16.8 Å². The maximum absolute atomic E-state index is 15.0. The first-order chi connectivity index (χ1) is 21.4. The molecule has 20 heteroatoms. The van der Waals surface area contributed by atoms with Crippen molar-refractivity contribution in [1.29, 1.82) is 0 Å². The number of aromatic amines is 1. The number of hydrogen-bond acceptors (Lipinski definition) is 7. The monoisotopic (exact) mass is 672 g/mol. The van der Waals surface area contributed by atoms with Crippen LogP contribution in [0.1, 0.15) is 5.82 Å². The van der Waals surface area contributed by atoms with Gasteiger partial charge in [0.25, 0.3) is 6.08 Å². The molecule has 0 aliphatic carbocycles. The normalized spacial score (nSPS) is 13.1. The van der Waals surface area contributed by atoms with Crippen LogP contribution in [0.3, 0.4) is 0 Å². The van der Waals surface area contributed by atoms with Gasteiger partial charge in [-0.05, 0) is 35.4 Å². The van der Waals surface area contributed by atoms with Crippen LogP contribution in [0.2, 0.25) is 0 Å². The maximum Gasteiger partial charge on any atom is 0.490 e. The number of carbonyl (C=O) groups is 2. The van der Waals surface area contributed by atoms with Gasteiger partial charge in [0.1, 0.15) is 11.6 Å². The number of H-pyrrole nitrogens is 1. The molecule has 1 fully saturated rings. The standard InChI is InChI=1S/C22H23F3N6O.2C2HF3O2/c23-18-11-15(14-1-4-17(5-2-14)30-9-7-27-8-10-30)3-6-19(18)31-20(28-29-22(31)32)12-16(13-26)21(24)25;2*3-2(4,5)1(6)7/h1-6,11,27H,7-10,12-13,26H2,(H,29,32);2*(H,6,7). The zero-order valence-corrected chi connectivity index (χ0v) is 23.2. The van der Waals surface area contributed by atoms with E-state index in [1.54, 1.807) is 6.07 Å². The van der Waals surface area contributed by atoms with E-state index in [4.69, 9.17) is 25.5 Å². The van der Waals surface area contributed by atoms with E-state index in [0.717, 1.165) is 42.0 Å². The fraction of sp³-hybridized carbons (Fsp3) is 0.308. The number of aliphatic carboxylic acids is 2. The van der Waals surface area contributed by atoms with Gasteiger partial charge in [0.15, 0.2) is 0 Å². The second-order valence-corrected chi connectivity index (χ2v) is 9.08. The largest absolute Gasteiger partial charge is 0.490 e. The Balaban J connectivity index is 0.000000440. The van der Waals surface area contributed by atoms with E-state index in [-0.39, 0.29) is 23.5 Å². The number of carboxylic acids is 2. The molecule has 2 heterocycles. The van der Waals surface area contributed by atoms with Crippen LogP contribution in [0.15, 0.2) is 58.9 Å². The van der Waals surface area contributed by atoms with Gasteiger partial charge in [-0.25, -0.2) is 28.4 Å². The molecular formula is C26H25F9N6O5. The van der Waals surface area contributed by atoms with Gasteiger partial charge in [0.05, 0.1) is 5.69 Å². The van der Waals surface area contributed by atoms with Crippen LogP contribution in [-0.2, 0) is 16.0 Å². The van der Waals surface area contributed by atoms with Crippen LogP contribution < -0.4 is 21.6 Å². The number of aromatic nitrogens is 3. The number of rotatable bonds is 6. The molecule has 252 valence electrons. The van der Waals surface area contributed by atoms with Gasteiger partial charge in [0, 0.05) is 50.4 Å². The number of nitrogens with two attached hydrogens (primary N) is 1. The van der Waals surface area contributed by atoms with Gasteiger partial charge in [-0.3, -0.25) is 0 Å². The fourth-order valence-electron chi connectivity index (χ4n) is 3.76. The number of benzene rings is 2. The Morgan fingerprint density at radius 1 is 0.891 bits per heavy atom. The molecule has 6 N–H and O–H groups in total. The summed E-state index contributed by atoms with van der Waals surface area (Å²) in [7, 11) is 0.